The molecule has 1 aliphatic heterocycles. The summed E-state index contributed by atoms with van der Waals surface area (Å²) in [4.78, 5) is 21.0. The Morgan fingerprint density at radius 1 is 1.33 bits per heavy atom. The van der Waals surface area contributed by atoms with Crippen molar-refractivity contribution in [3.8, 4) is 0 Å². The molecule has 0 saturated carbocycles. The standard InChI is InChI=1S/C12H21N5O/c1-9(2)12-13-10(8-11(18)14-12)15-17-6-4-16(3)5-7-17/h8-9H,4-7H2,1-3H3,(H2,13,14,15,18). The summed E-state index contributed by atoms with van der Waals surface area (Å²) < 4.78 is 0. The average molecular weight is 251 g/mol. The quantitative estimate of drug-likeness (QED) is 0.817. The van der Waals surface area contributed by atoms with Crippen molar-refractivity contribution in [3.05, 3.63) is 22.2 Å². The molecule has 0 atom stereocenters. The third kappa shape index (κ3) is 3.30. The van der Waals surface area contributed by atoms with E-state index in [1.165, 1.54) is 6.07 Å². The SMILES string of the molecule is CC(C)c1nc(NN2CCN(C)CC2)cc(=O)[nH]1. The third-order valence-electron chi connectivity index (χ3n) is 3.08. The maximum absolute atomic E-state index is 11.5. The second-order valence-electron chi connectivity index (χ2n) is 5.07. The van der Waals surface area contributed by atoms with Crippen LogP contribution >= 0.6 is 0 Å². The lowest BCUT2D eigenvalue weighted by Crippen LogP contribution is -2.47. The maximum Gasteiger partial charge on any atom is 0.253 e. The van der Waals surface area contributed by atoms with Crippen LogP contribution in [0.1, 0.15) is 25.6 Å². The number of nitrogens with zero attached hydrogens (tertiary/aromatic N) is 3. The molecule has 0 unspecified atom stereocenters. The monoisotopic (exact) mass is 251 g/mol. The molecule has 100 valence electrons. The lowest BCUT2D eigenvalue weighted by Gasteiger charge is -2.32. The van der Waals surface area contributed by atoms with Gasteiger partial charge in [-0.05, 0) is 7.05 Å². The summed E-state index contributed by atoms with van der Waals surface area (Å²) in [6, 6.07) is 1.50. The lowest BCUT2D eigenvalue weighted by molar-refractivity contribution is 0.178. The summed E-state index contributed by atoms with van der Waals surface area (Å²) in [5.74, 6) is 1.57. The number of hydrogen-bond donors (Lipinski definition) is 2. The molecule has 1 fully saturated rings. The highest BCUT2D eigenvalue weighted by Crippen LogP contribution is 2.10. The summed E-state index contributed by atoms with van der Waals surface area (Å²) in [7, 11) is 2.11. The van der Waals surface area contributed by atoms with E-state index in [1.807, 2.05) is 13.8 Å². The van der Waals surface area contributed by atoms with Crippen molar-refractivity contribution in [2.45, 2.75) is 19.8 Å². The molecule has 2 heterocycles. The second kappa shape index (κ2) is 5.49. The topological polar surface area (TPSA) is 64.3 Å². The summed E-state index contributed by atoms with van der Waals surface area (Å²) in [6.45, 7) is 7.93. The normalized spacial score (nSPS) is 18.2. The fourth-order valence-electron chi connectivity index (χ4n) is 1.89. The van der Waals surface area contributed by atoms with Gasteiger partial charge in [0.2, 0.25) is 0 Å². The van der Waals surface area contributed by atoms with Gasteiger partial charge in [-0.1, -0.05) is 13.8 Å². The Balaban J connectivity index is 2.07. The van der Waals surface area contributed by atoms with Crippen molar-refractivity contribution in [2.24, 2.45) is 0 Å². The van der Waals surface area contributed by atoms with Gasteiger partial charge in [0.15, 0.2) is 0 Å². The van der Waals surface area contributed by atoms with E-state index in [-0.39, 0.29) is 11.5 Å². The van der Waals surface area contributed by atoms with Gasteiger partial charge in [-0.15, -0.1) is 0 Å². The lowest BCUT2D eigenvalue weighted by atomic mass is 10.2. The number of hydrogen-bond acceptors (Lipinski definition) is 5. The minimum absolute atomic E-state index is 0.106. The molecule has 0 radical (unpaired) electrons. The van der Waals surface area contributed by atoms with E-state index in [0.29, 0.717) is 5.82 Å². The van der Waals surface area contributed by atoms with E-state index in [4.69, 9.17) is 0 Å². The number of aromatic nitrogens is 2. The Morgan fingerprint density at radius 2 is 2.00 bits per heavy atom. The van der Waals surface area contributed by atoms with Gasteiger partial charge in [-0.25, -0.2) is 9.99 Å². The van der Waals surface area contributed by atoms with Gasteiger partial charge in [-0.2, -0.15) is 0 Å². The first-order valence-electron chi connectivity index (χ1n) is 6.36. The number of H-pyrrole nitrogens is 1. The van der Waals surface area contributed by atoms with Crippen LogP contribution in [0.4, 0.5) is 5.82 Å². The van der Waals surface area contributed by atoms with Crippen LogP contribution in [0.2, 0.25) is 0 Å². The van der Waals surface area contributed by atoms with Gasteiger partial charge in [0.1, 0.15) is 11.6 Å². The molecule has 0 aliphatic carbocycles. The molecule has 0 bridgehead atoms. The fourth-order valence-corrected chi connectivity index (χ4v) is 1.89. The van der Waals surface area contributed by atoms with Crippen LogP contribution in [0, 0.1) is 0 Å². The third-order valence-corrected chi connectivity index (χ3v) is 3.08. The summed E-state index contributed by atoms with van der Waals surface area (Å²) in [5, 5.41) is 2.10. The fraction of sp³-hybridized carbons (Fsp3) is 0.667. The molecule has 2 rings (SSSR count). The minimum Gasteiger partial charge on any atom is -0.310 e. The molecule has 2 N–H and O–H groups in total. The van der Waals surface area contributed by atoms with Crippen LogP contribution in [0.5, 0.6) is 0 Å². The van der Waals surface area contributed by atoms with Crippen LogP contribution in [0.25, 0.3) is 0 Å². The Kier molecular flexibility index (Phi) is 3.98. The van der Waals surface area contributed by atoms with E-state index in [9.17, 15) is 4.79 Å². The zero-order chi connectivity index (χ0) is 13.1. The largest absolute Gasteiger partial charge is 0.310 e. The van der Waals surface area contributed by atoms with Gasteiger partial charge in [0, 0.05) is 38.2 Å². The first kappa shape index (κ1) is 13.0. The first-order valence-corrected chi connectivity index (χ1v) is 6.36. The van der Waals surface area contributed by atoms with Crippen molar-refractivity contribution in [1.29, 1.82) is 0 Å². The maximum atomic E-state index is 11.5. The zero-order valence-electron chi connectivity index (χ0n) is 11.2. The molecule has 1 saturated heterocycles. The molecule has 6 nitrogen and oxygen atoms in total. The van der Waals surface area contributed by atoms with E-state index in [0.717, 1.165) is 32.0 Å². The highest BCUT2D eigenvalue weighted by Gasteiger charge is 2.14. The molecule has 18 heavy (non-hydrogen) atoms. The number of piperazine rings is 1. The molecular weight excluding hydrogens is 230 g/mol. The molecule has 1 aromatic rings. The van der Waals surface area contributed by atoms with Crippen molar-refractivity contribution < 1.29 is 0 Å². The van der Waals surface area contributed by atoms with Crippen LogP contribution in [0.3, 0.4) is 0 Å². The average Bonchev–Trinajstić information content (AvgIpc) is 2.31. The Bertz CT molecular complexity index is 448. The highest BCUT2D eigenvalue weighted by atomic mass is 16.1. The molecular formula is C12H21N5O. The van der Waals surface area contributed by atoms with E-state index in [1.54, 1.807) is 0 Å². The van der Waals surface area contributed by atoms with Crippen LogP contribution in [0.15, 0.2) is 10.9 Å². The van der Waals surface area contributed by atoms with Gasteiger partial charge >= 0.3 is 0 Å². The number of hydrazine groups is 1. The summed E-state index contributed by atoms with van der Waals surface area (Å²) in [6.07, 6.45) is 0. The van der Waals surface area contributed by atoms with Gasteiger partial charge < -0.3 is 15.3 Å². The van der Waals surface area contributed by atoms with E-state index < -0.39 is 0 Å². The van der Waals surface area contributed by atoms with Crippen LogP contribution < -0.4 is 11.0 Å². The van der Waals surface area contributed by atoms with Crippen LogP contribution in [-0.4, -0.2) is 53.1 Å². The van der Waals surface area contributed by atoms with Crippen molar-refractivity contribution in [2.75, 3.05) is 38.7 Å². The number of rotatable bonds is 3. The number of nitrogens with one attached hydrogen (secondary N) is 2. The Labute approximate surface area is 107 Å². The minimum atomic E-state index is -0.106. The van der Waals surface area contributed by atoms with Gasteiger partial charge in [0.25, 0.3) is 5.56 Å². The van der Waals surface area contributed by atoms with Gasteiger partial charge in [0.05, 0.1) is 0 Å². The number of anilines is 1. The van der Waals surface area contributed by atoms with Crippen molar-refractivity contribution in [3.63, 3.8) is 0 Å². The highest BCUT2D eigenvalue weighted by molar-refractivity contribution is 5.32. The van der Waals surface area contributed by atoms with Gasteiger partial charge in [-0.3, -0.25) is 4.79 Å². The summed E-state index contributed by atoms with van der Waals surface area (Å²) in [5.41, 5.74) is 3.11. The molecule has 1 aromatic heterocycles. The molecule has 1 aliphatic rings. The van der Waals surface area contributed by atoms with Crippen molar-refractivity contribution >= 4 is 5.82 Å². The zero-order valence-corrected chi connectivity index (χ0v) is 11.2. The van der Waals surface area contributed by atoms with Crippen LogP contribution in [-0.2, 0) is 0 Å². The Morgan fingerprint density at radius 3 is 2.61 bits per heavy atom. The number of aromatic amines is 1. The predicted octanol–water partition coefficient (Wildman–Crippen LogP) is 0.468. The van der Waals surface area contributed by atoms with Crippen molar-refractivity contribution in [1.82, 2.24) is 19.9 Å². The first-order chi connectivity index (χ1) is 8.54. The summed E-state index contributed by atoms with van der Waals surface area (Å²) >= 11 is 0. The predicted molar refractivity (Wildman–Crippen MR) is 71.6 cm³/mol. The Hall–Kier alpha value is -1.40. The van der Waals surface area contributed by atoms with E-state index >= 15 is 0 Å². The van der Waals surface area contributed by atoms with E-state index in [2.05, 4.69) is 32.4 Å². The molecule has 0 aromatic carbocycles. The second-order valence-corrected chi connectivity index (χ2v) is 5.07. The molecule has 0 amide bonds. The molecule has 0 spiro atoms. The number of likely N-dealkylation sites (N-methyl/N-ethyl adjacent to an activating group) is 1. The molecule has 6 heteroatoms. The smallest absolute Gasteiger partial charge is 0.253 e.